The minimum absolute atomic E-state index is 0.120. The molecule has 2 heterocycles. The van der Waals surface area contributed by atoms with Gasteiger partial charge in [0.2, 0.25) is 5.75 Å². The summed E-state index contributed by atoms with van der Waals surface area (Å²) in [6, 6.07) is 14.2. The van der Waals surface area contributed by atoms with Gasteiger partial charge in [0.25, 0.3) is 5.91 Å². The number of rotatable bonds is 4. The number of aromatic amines is 1. The molecule has 0 spiro atoms. The van der Waals surface area contributed by atoms with Crippen molar-refractivity contribution in [2.75, 3.05) is 0 Å². The van der Waals surface area contributed by atoms with Gasteiger partial charge in [0.15, 0.2) is 11.3 Å². The van der Waals surface area contributed by atoms with Crippen LogP contribution in [0.15, 0.2) is 59.5 Å². The number of nitrogens with one attached hydrogen (secondary N) is 2. The largest absolute Gasteiger partial charge is 0.501 e. The van der Waals surface area contributed by atoms with Crippen LogP contribution in [0.3, 0.4) is 0 Å². The summed E-state index contributed by atoms with van der Waals surface area (Å²) in [6.45, 7) is 0.120. The normalized spacial score (nSPS) is 11.0. The van der Waals surface area contributed by atoms with Gasteiger partial charge in [0.1, 0.15) is 0 Å². The number of aromatic hydroxyl groups is 1. The molecule has 0 bridgehead atoms. The van der Waals surface area contributed by atoms with Crippen molar-refractivity contribution in [3.63, 3.8) is 0 Å². The molecule has 0 aliphatic heterocycles. The van der Waals surface area contributed by atoms with Crippen molar-refractivity contribution in [3.8, 4) is 16.9 Å². The third kappa shape index (κ3) is 3.57. The summed E-state index contributed by atoms with van der Waals surface area (Å²) in [7, 11) is 0. The second-order valence-corrected chi connectivity index (χ2v) is 7.07. The molecule has 0 unspecified atom stereocenters. The number of carbonyl (C=O) groups excluding carboxylic acids is 1. The van der Waals surface area contributed by atoms with Crippen LogP contribution in [0.2, 0.25) is 10.0 Å². The molecule has 0 radical (unpaired) electrons. The van der Waals surface area contributed by atoms with Crippen molar-refractivity contribution >= 4 is 34.8 Å². The van der Waals surface area contributed by atoms with E-state index in [1.807, 2.05) is 30.3 Å². The molecule has 146 valence electrons. The molecule has 3 N–H and O–H groups in total. The fraction of sp³-hybridized carbons (Fsp3) is 0.0500. The van der Waals surface area contributed by atoms with Crippen molar-refractivity contribution in [3.05, 3.63) is 86.4 Å². The Kier molecular flexibility index (Phi) is 5.00. The topological polar surface area (TPSA) is 99.5 Å². The van der Waals surface area contributed by atoms with Crippen molar-refractivity contribution in [2.45, 2.75) is 6.54 Å². The smallest absolute Gasteiger partial charge is 0.315 e. The number of fused-ring (bicyclic) bond motifs is 1. The first-order valence-electron chi connectivity index (χ1n) is 8.56. The van der Waals surface area contributed by atoms with Crippen LogP contribution in [0.1, 0.15) is 16.1 Å². The lowest BCUT2D eigenvalue weighted by molar-refractivity contribution is 0.0942. The Morgan fingerprint density at radius 2 is 1.90 bits per heavy atom. The molecular formula is C20H14Cl2N4O3. The fourth-order valence-corrected chi connectivity index (χ4v) is 3.23. The molecule has 4 aromatic rings. The Morgan fingerprint density at radius 3 is 2.62 bits per heavy atom. The van der Waals surface area contributed by atoms with Gasteiger partial charge in [-0.25, -0.2) is 4.98 Å². The van der Waals surface area contributed by atoms with Crippen LogP contribution in [0.25, 0.3) is 16.8 Å². The molecule has 0 aliphatic rings. The van der Waals surface area contributed by atoms with Gasteiger partial charge in [-0.3, -0.25) is 14.7 Å². The molecule has 0 saturated heterocycles. The summed E-state index contributed by atoms with van der Waals surface area (Å²) in [5.41, 5.74) is 1.26. The molecule has 2 aromatic carbocycles. The average Bonchev–Trinajstić information content (AvgIpc) is 3.16. The van der Waals surface area contributed by atoms with Crippen molar-refractivity contribution in [2.24, 2.45) is 0 Å². The van der Waals surface area contributed by atoms with Crippen LogP contribution in [0.5, 0.6) is 5.75 Å². The highest BCUT2D eigenvalue weighted by atomic mass is 35.5. The fourth-order valence-electron chi connectivity index (χ4n) is 2.91. The van der Waals surface area contributed by atoms with E-state index >= 15 is 0 Å². The number of nitrogens with zero attached hydrogens (tertiary/aromatic N) is 2. The highest BCUT2D eigenvalue weighted by molar-refractivity contribution is 6.42. The lowest BCUT2D eigenvalue weighted by atomic mass is 10.1. The number of H-pyrrole nitrogens is 1. The van der Waals surface area contributed by atoms with Gasteiger partial charge in [-0.15, -0.1) is 0 Å². The molecular weight excluding hydrogens is 415 g/mol. The average molecular weight is 429 g/mol. The maximum Gasteiger partial charge on any atom is 0.315 e. The van der Waals surface area contributed by atoms with E-state index in [9.17, 15) is 14.7 Å². The molecule has 0 fully saturated rings. The van der Waals surface area contributed by atoms with E-state index in [-0.39, 0.29) is 17.9 Å². The summed E-state index contributed by atoms with van der Waals surface area (Å²) in [5.74, 6) is -1.43. The molecule has 0 saturated carbocycles. The third-order valence-electron chi connectivity index (χ3n) is 4.38. The Morgan fingerprint density at radius 1 is 1.14 bits per heavy atom. The van der Waals surface area contributed by atoms with Gasteiger partial charge >= 0.3 is 5.56 Å². The minimum atomic E-state index is -0.767. The van der Waals surface area contributed by atoms with Gasteiger partial charge in [-0.05, 0) is 23.3 Å². The summed E-state index contributed by atoms with van der Waals surface area (Å²) < 4.78 is 1.09. The van der Waals surface area contributed by atoms with Gasteiger partial charge < -0.3 is 10.4 Å². The van der Waals surface area contributed by atoms with Crippen molar-refractivity contribution in [1.29, 1.82) is 0 Å². The molecule has 0 aliphatic carbocycles. The molecule has 7 nitrogen and oxygen atoms in total. The number of carbonyl (C=O) groups is 1. The van der Waals surface area contributed by atoms with E-state index in [0.717, 1.165) is 10.1 Å². The van der Waals surface area contributed by atoms with Crippen LogP contribution in [-0.2, 0) is 6.54 Å². The lowest BCUT2D eigenvalue weighted by Gasteiger charge is -2.08. The Labute approximate surface area is 174 Å². The van der Waals surface area contributed by atoms with Crippen LogP contribution in [0, 0.1) is 0 Å². The molecule has 9 heteroatoms. The monoisotopic (exact) mass is 428 g/mol. The van der Waals surface area contributed by atoms with E-state index in [1.54, 1.807) is 24.4 Å². The van der Waals surface area contributed by atoms with Crippen molar-refractivity contribution < 1.29 is 9.90 Å². The lowest BCUT2D eigenvalue weighted by Crippen LogP contribution is -2.27. The number of hydrogen-bond donors (Lipinski definition) is 3. The molecule has 2 aromatic heterocycles. The summed E-state index contributed by atoms with van der Waals surface area (Å²) in [5, 5.41) is 16.4. The zero-order valence-corrected chi connectivity index (χ0v) is 16.3. The van der Waals surface area contributed by atoms with Gasteiger partial charge in [0, 0.05) is 18.3 Å². The van der Waals surface area contributed by atoms with Crippen LogP contribution in [0.4, 0.5) is 0 Å². The molecule has 29 heavy (non-hydrogen) atoms. The summed E-state index contributed by atoms with van der Waals surface area (Å²) >= 11 is 11.9. The maximum atomic E-state index is 12.6. The molecule has 1 amide bonds. The van der Waals surface area contributed by atoms with Crippen LogP contribution in [-0.4, -0.2) is 25.6 Å². The van der Waals surface area contributed by atoms with Crippen LogP contribution >= 0.6 is 23.2 Å². The number of aromatic nitrogens is 3. The van der Waals surface area contributed by atoms with Gasteiger partial charge in [0.05, 0.1) is 10.0 Å². The zero-order valence-electron chi connectivity index (χ0n) is 14.8. The first-order chi connectivity index (χ1) is 14.0. The Hall–Kier alpha value is -3.29. The number of amides is 1. The Balaban J connectivity index is 1.69. The third-order valence-corrected chi connectivity index (χ3v) is 5.11. The van der Waals surface area contributed by atoms with E-state index < -0.39 is 17.2 Å². The second-order valence-electron chi connectivity index (χ2n) is 6.26. The highest BCUT2D eigenvalue weighted by Crippen LogP contribution is 2.24. The highest BCUT2D eigenvalue weighted by Gasteiger charge is 2.21. The number of halogens is 2. The van der Waals surface area contributed by atoms with Gasteiger partial charge in [-0.1, -0.05) is 59.6 Å². The van der Waals surface area contributed by atoms with Crippen molar-refractivity contribution in [1.82, 2.24) is 19.9 Å². The summed E-state index contributed by atoms with van der Waals surface area (Å²) in [6.07, 6.45) is 1.59. The van der Waals surface area contributed by atoms with E-state index in [4.69, 9.17) is 23.2 Å². The maximum absolute atomic E-state index is 12.6. The SMILES string of the molecule is O=C(NCc1ccc(Cl)c(Cl)c1)c1nc2c(-c3ccccc3)c[nH]n2c(=O)c1O. The first kappa shape index (κ1) is 19.0. The quantitative estimate of drug-likeness (QED) is 0.461. The molecule has 4 rings (SSSR count). The van der Waals surface area contributed by atoms with E-state index in [2.05, 4.69) is 15.4 Å². The zero-order chi connectivity index (χ0) is 20.5. The van der Waals surface area contributed by atoms with Crippen LogP contribution < -0.4 is 10.9 Å². The number of benzene rings is 2. The number of hydrogen-bond acceptors (Lipinski definition) is 4. The predicted octanol–water partition coefficient (Wildman–Crippen LogP) is 3.63. The first-order valence-corrected chi connectivity index (χ1v) is 9.32. The summed E-state index contributed by atoms with van der Waals surface area (Å²) in [4.78, 5) is 29.3. The Bertz CT molecular complexity index is 1280. The second kappa shape index (κ2) is 7.62. The van der Waals surface area contributed by atoms with Gasteiger partial charge in [-0.2, -0.15) is 4.52 Å². The molecule has 0 atom stereocenters. The minimum Gasteiger partial charge on any atom is -0.501 e. The predicted molar refractivity (Wildman–Crippen MR) is 111 cm³/mol. The van der Waals surface area contributed by atoms with E-state index in [0.29, 0.717) is 21.2 Å². The standard InChI is InChI=1S/C20H14Cl2N4O3/c21-14-7-6-11(8-15(14)22)9-23-19(28)16-17(27)20(29)26-18(25-16)13(10-24-26)12-4-2-1-3-5-12/h1-8,10,24,27H,9H2,(H,23,28). The van der Waals surface area contributed by atoms with E-state index in [1.165, 1.54) is 0 Å².